The van der Waals surface area contributed by atoms with Crippen molar-refractivity contribution in [3.8, 4) is 0 Å². The Kier molecular flexibility index (Phi) is 5.59. The molecule has 1 N–H and O–H groups in total. The number of carbonyl (C=O) groups excluding carboxylic acids is 1. The van der Waals surface area contributed by atoms with Crippen molar-refractivity contribution in [3.63, 3.8) is 0 Å². The number of fused-ring (bicyclic) bond motifs is 1. The van der Waals surface area contributed by atoms with E-state index in [4.69, 9.17) is 0 Å². The van der Waals surface area contributed by atoms with Gasteiger partial charge in [0.1, 0.15) is 0 Å². The number of nitrogens with one attached hydrogen (secondary N) is 1. The Bertz CT molecular complexity index is 1090. The van der Waals surface area contributed by atoms with Crippen molar-refractivity contribution >= 4 is 15.9 Å². The summed E-state index contributed by atoms with van der Waals surface area (Å²) in [6.07, 6.45) is -2.01. The summed E-state index contributed by atoms with van der Waals surface area (Å²) in [6, 6.07) is 5.59. The minimum atomic E-state index is -4.41. The van der Waals surface area contributed by atoms with Gasteiger partial charge in [-0.25, -0.2) is 8.42 Å². The van der Waals surface area contributed by atoms with Crippen molar-refractivity contribution in [2.24, 2.45) is 0 Å². The molecule has 0 bridgehead atoms. The van der Waals surface area contributed by atoms with E-state index in [-0.39, 0.29) is 29.6 Å². The summed E-state index contributed by atoms with van der Waals surface area (Å²) < 4.78 is 65.1. The van der Waals surface area contributed by atoms with Crippen molar-refractivity contribution in [1.82, 2.24) is 19.4 Å². The van der Waals surface area contributed by atoms with E-state index in [1.807, 2.05) is 0 Å². The van der Waals surface area contributed by atoms with E-state index in [1.165, 1.54) is 16.4 Å². The number of alkyl halides is 3. The maximum absolute atomic E-state index is 13.3. The van der Waals surface area contributed by atoms with Gasteiger partial charge >= 0.3 is 6.18 Å². The van der Waals surface area contributed by atoms with Gasteiger partial charge in [0.05, 0.1) is 11.8 Å². The van der Waals surface area contributed by atoms with Gasteiger partial charge < -0.3 is 4.90 Å². The normalized spacial score (nSPS) is 18.8. The number of H-pyrrole nitrogens is 1. The molecule has 0 radical (unpaired) electrons. The lowest BCUT2D eigenvalue weighted by Crippen LogP contribution is -2.40. The number of piperidine rings is 1. The third kappa shape index (κ3) is 4.33. The van der Waals surface area contributed by atoms with Crippen LogP contribution in [0.4, 0.5) is 13.2 Å². The molecule has 31 heavy (non-hydrogen) atoms. The quantitative estimate of drug-likeness (QED) is 0.770. The predicted molar refractivity (Wildman–Crippen MR) is 107 cm³/mol. The second-order valence-corrected chi connectivity index (χ2v) is 10.0. The van der Waals surface area contributed by atoms with Crippen LogP contribution in [0.5, 0.6) is 0 Å². The Morgan fingerprint density at radius 1 is 1.16 bits per heavy atom. The van der Waals surface area contributed by atoms with Crippen molar-refractivity contribution < 1.29 is 26.4 Å². The topological polar surface area (TPSA) is 86.4 Å². The molecule has 4 rings (SSSR count). The van der Waals surface area contributed by atoms with Crippen LogP contribution < -0.4 is 0 Å². The van der Waals surface area contributed by atoms with Crippen LogP contribution in [-0.4, -0.2) is 59.6 Å². The van der Waals surface area contributed by atoms with Crippen LogP contribution in [0.2, 0.25) is 0 Å². The fourth-order valence-corrected chi connectivity index (χ4v) is 5.17. The standard InChI is InChI=1S/C20H23F3N4O3S/c1-31(29,30)27-11-8-17-15(12-27)18(25-24-17)19(28)26-9-6-13(7-10-26)14-4-2-3-5-16(14)20(21,22)23/h2-5,13H,6-12H2,1H3,(H,24,25). The second kappa shape index (κ2) is 7.94. The molecule has 7 nitrogen and oxygen atoms in total. The van der Waals surface area contributed by atoms with Crippen LogP contribution in [0.1, 0.15) is 51.6 Å². The Labute approximate surface area is 178 Å². The van der Waals surface area contributed by atoms with Crippen LogP contribution in [0.15, 0.2) is 24.3 Å². The molecule has 2 aliphatic rings. The number of carbonyl (C=O) groups is 1. The zero-order chi connectivity index (χ0) is 22.4. The monoisotopic (exact) mass is 456 g/mol. The number of benzene rings is 1. The first-order valence-electron chi connectivity index (χ1n) is 10.0. The Hall–Kier alpha value is -2.40. The van der Waals surface area contributed by atoms with E-state index in [9.17, 15) is 26.4 Å². The molecule has 1 amide bonds. The Morgan fingerprint density at radius 3 is 2.48 bits per heavy atom. The summed E-state index contributed by atoms with van der Waals surface area (Å²) in [5.41, 5.74) is 1.16. The number of sulfonamides is 1. The fourth-order valence-electron chi connectivity index (χ4n) is 4.38. The van der Waals surface area contributed by atoms with E-state index < -0.39 is 21.8 Å². The maximum Gasteiger partial charge on any atom is 0.416 e. The molecule has 0 aliphatic carbocycles. The van der Waals surface area contributed by atoms with Crippen LogP contribution >= 0.6 is 0 Å². The number of aromatic nitrogens is 2. The lowest BCUT2D eigenvalue weighted by molar-refractivity contribution is -0.138. The summed E-state index contributed by atoms with van der Waals surface area (Å²) in [5, 5.41) is 6.96. The van der Waals surface area contributed by atoms with Crippen molar-refractivity contribution in [2.75, 3.05) is 25.9 Å². The van der Waals surface area contributed by atoms with Gasteiger partial charge in [-0.3, -0.25) is 9.89 Å². The van der Waals surface area contributed by atoms with Crippen LogP contribution in [-0.2, 0) is 29.2 Å². The summed E-state index contributed by atoms with van der Waals surface area (Å²) >= 11 is 0. The van der Waals surface area contributed by atoms with Gasteiger partial charge in [0.2, 0.25) is 10.0 Å². The highest BCUT2D eigenvalue weighted by Gasteiger charge is 2.37. The van der Waals surface area contributed by atoms with Gasteiger partial charge in [-0.2, -0.15) is 22.6 Å². The average molecular weight is 456 g/mol. The molecule has 0 spiro atoms. The minimum Gasteiger partial charge on any atom is -0.337 e. The van der Waals surface area contributed by atoms with Gasteiger partial charge in [0.25, 0.3) is 5.91 Å². The first-order valence-corrected chi connectivity index (χ1v) is 11.9. The Morgan fingerprint density at radius 2 is 1.84 bits per heavy atom. The molecular formula is C20H23F3N4O3S. The zero-order valence-corrected chi connectivity index (χ0v) is 17.8. The number of likely N-dealkylation sites (tertiary alicyclic amines) is 1. The highest BCUT2D eigenvalue weighted by molar-refractivity contribution is 7.88. The highest BCUT2D eigenvalue weighted by Crippen LogP contribution is 2.38. The first-order chi connectivity index (χ1) is 14.6. The van der Waals surface area contributed by atoms with E-state index >= 15 is 0 Å². The van der Waals surface area contributed by atoms with Crippen molar-refractivity contribution in [1.29, 1.82) is 0 Å². The third-order valence-electron chi connectivity index (χ3n) is 6.06. The summed E-state index contributed by atoms with van der Waals surface area (Å²) in [7, 11) is -3.39. The summed E-state index contributed by atoms with van der Waals surface area (Å²) in [5.74, 6) is -0.605. The lowest BCUT2D eigenvalue weighted by Gasteiger charge is -2.33. The Balaban J connectivity index is 1.48. The largest absolute Gasteiger partial charge is 0.416 e. The molecule has 168 valence electrons. The van der Waals surface area contributed by atoms with Crippen LogP contribution in [0.25, 0.3) is 0 Å². The second-order valence-electron chi connectivity index (χ2n) is 8.03. The lowest BCUT2D eigenvalue weighted by atomic mass is 9.86. The fraction of sp³-hybridized carbons (Fsp3) is 0.500. The molecule has 0 unspecified atom stereocenters. The van der Waals surface area contributed by atoms with E-state index in [1.54, 1.807) is 11.0 Å². The third-order valence-corrected chi connectivity index (χ3v) is 7.31. The molecule has 1 aromatic heterocycles. The molecule has 1 fully saturated rings. The number of amides is 1. The van der Waals surface area contributed by atoms with Crippen molar-refractivity contribution in [3.05, 3.63) is 52.3 Å². The number of rotatable bonds is 3. The molecule has 2 aliphatic heterocycles. The highest BCUT2D eigenvalue weighted by atomic mass is 32.2. The van der Waals surface area contributed by atoms with E-state index in [0.717, 1.165) is 18.0 Å². The molecule has 1 saturated heterocycles. The number of aromatic amines is 1. The zero-order valence-electron chi connectivity index (χ0n) is 16.9. The molecule has 0 saturated carbocycles. The first kappa shape index (κ1) is 21.8. The van der Waals surface area contributed by atoms with Gasteiger partial charge in [0.15, 0.2) is 5.69 Å². The number of hydrogen-bond acceptors (Lipinski definition) is 4. The number of hydrogen-bond donors (Lipinski definition) is 1. The van der Waals surface area contributed by atoms with E-state index in [2.05, 4.69) is 10.2 Å². The molecule has 11 heteroatoms. The maximum atomic E-state index is 13.3. The van der Waals surface area contributed by atoms with Gasteiger partial charge in [0, 0.05) is 43.9 Å². The molecule has 2 aromatic rings. The van der Waals surface area contributed by atoms with Crippen LogP contribution in [0, 0.1) is 0 Å². The van der Waals surface area contributed by atoms with Crippen molar-refractivity contribution in [2.45, 2.75) is 37.9 Å². The molecule has 3 heterocycles. The smallest absolute Gasteiger partial charge is 0.337 e. The summed E-state index contributed by atoms with van der Waals surface area (Å²) in [6.45, 7) is 1.03. The molecular weight excluding hydrogens is 433 g/mol. The average Bonchev–Trinajstić information content (AvgIpc) is 3.15. The predicted octanol–water partition coefficient (Wildman–Crippen LogP) is 2.77. The number of nitrogens with zero attached hydrogens (tertiary/aromatic N) is 3. The minimum absolute atomic E-state index is 0.0845. The van der Waals surface area contributed by atoms with E-state index in [0.29, 0.717) is 44.5 Å². The van der Waals surface area contributed by atoms with Gasteiger partial charge in [-0.15, -0.1) is 0 Å². The number of halogens is 3. The molecule has 0 atom stereocenters. The SMILES string of the molecule is CS(=O)(=O)N1CCc2[nH]nc(C(=O)N3CCC(c4ccccc4C(F)(F)F)CC3)c2C1. The summed E-state index contributed by atoms with van der Waals surface area (Å²) in [4.78, 5) is 14.6. The molecule has 1 aromatic carbocycles. The van der Waals surface area contributed by atoms with Gasteiger partial charge in [-0.1, -0.05) is 18.2 Å². The van der Waals surface area contributed by atoms with Crippen LogP contribution in [0.3, 0.4) is 0 Å². The van der Waals surface area contributed by atoms with Gasteiger partial charge in [-0.05, 0) is 30.4 Å².